The third-order valence-electron chi connectivity index (χ3n) is 6.00. The summed E-state index contributed by atoms with van der Waals surface area (Å²) >= 11 is 0. The molecule has 2 N–H and O–H groups in total. The smallest absolute Gasteiger partial charge is 0.318 e. The molecule has 0 radical (unpaired) electrons. The van der Waals surface area contributed by atoms with Gasteiger partial charge in [0.15, 0.2) is 0 Å². The van der Waals surface area contributed by atoms with Gasteiger partial charge in [-0.2, -0.15) is 5.10 Å². The molecule has 0 aliphatic carbocycles. The largest absolute Gasteiger partial charge is 0.497 e. The minimum atomic E-state index is -0.276. The zero-order valence-electron chi connectivity index (χ0n) is 22.6. The molecule has 8 nitrogen and oxygen atoms in total. The normalized spacial score (nSPS) is 11.2. The van der Waals surface area contributed by atoms with Gasteiger partial charge >= 0.3 is 6.03 Å². The molecule has 198 valence electrons. The number of hydrogen-bond donors (Lipinski definition) is 2. The first-order chi connectivity index (χ1) is 17.7. The van der Waals surface area contributed by atoms with E-state index in [1.165, 1.54) is 0 Å². The molecule has 37 heavy (non-hydrogen) atoms. The van der Waals surface area contributed by atoms with E-state index in [0.29, 0.717) is 18.9 Å². The van der Waals surface area contributed by atoms with E-state index in [9.17, 15) is 9.59 Å². The van der Waals surface area contributed by atoms with Crippen molar-refractivity contribution in [3.63, 3.8) is 0 Å². The Morgan fingerprint density at radius 3 is 2.35 bits per heavy atom. The molecule has 0 unspecified atom stereocenters. The first-order valence-corrected chi connectivity index (χ1v) is 12.8. The van der Waals surface area contributed by atoms with Crippen molar-refractivity contribution in [2.45, 2.75) is 58.9 Å². The molecular weight excluding hydrogens is 466 g/mol. The van der Waals surface area contributed by atoms with Crippen molar-refractivity contribution in [3.05, 3.63) is 71.9 Å². The number of amides is 3. The summed E-state index contributed by atoms with van der Waals surface area (Å²) in [6.45, 7) is 9.20. The Labute approximate surface area is 220 Å². The van der Waals surface area contributed by atoms with Crippen LogP contribution in [-0.4, -0.2) is 46.8 Å². The summed E-state index contributed by atoms with van der Waals surface area (Å²) in [5.74, 6) is 1.02. The predicted molar refractivity (Wildman–Crippen MR) is 147 cm³/mol. The van der Waals surface area contributed by atoms with Crippen LogP contribution in [0.3, 0.4) is 0 Å². The number of benzene rings is 2. The third-order valence-corrected chi connectivity index (χ3v) is 6.00. The Bertz CT molecular complexity index is 1150. The van der Waals surface area contributed by atoms with Crippen LogP contribution in [0, 0.1) is 0 Å². The highest BCUT2D eigenvalue weighted by Gasteiger charge is 2.23. The number of carbonyl (C=O) groups excluding carboxylic acids is 2. The topological polar surface area (TPSA) is 88.5 Å². The lowest BCUT2D eigenvalue weighted by Gasteiger charge is -2.23. The second-order valence-corrected chi connectivity index (χ2v) is 10.1. The third kappa shape index (κ3) is 8.10. The monoisotopic (exact) mass is 505 g/mol. The quantitative estimate of drug-likeness (QED) is 0.336. The molecule has 0 bridgehead atoms. The maximum atomic E-state index is 13.2. The van der Waals surface area contributed by atoms with Crippen LogP contribution in [0.15, 0.2) is 60.7 Å². The van der Waals surface area contributed by atoms with E-state index in [2.05, 4.69) is 38.3 Å². The van der Waals surface area contributed by atoms with Gasteiger partial charge in [0.25, 0.3) is 0 Å². The average Bonchev–Trinajstić information content (AvgIpc) is 3.31. The first kappa shape index (κ1) is 27.8. The Hall–Kier alpha value is -3.81. The van der Waals surface area contributed by atoms with Crippen LogP contribution in [0.25, 0.3) is 5.69 Å². The number of unbranched alkanes of at least 4 members (excludes halogenated alkanes) is 2. The summed E-state index contributed by atoms with van der Waals surface area (Å²) in [7, 11) is 1.62. The summed E-state index contributed by atoms with van der Waals surface area (Å²) in [6, 6.07) is 18.9. The maximum absolute atomic E-state index is 13.2. The number of nitrogens with zero attached hydrogens (tertiary/aromatic N) is 3. The number of rotatable bonds is 11. The molecule has 1 heterocycles. The number of hydrogen-bond acceptors (Lipinski definition) is 4. The fourth-order valence-corrected chi connectivity index (χ4v) is 3.80. The number of aromatic nitrogens is 2. The highest BCUT2D eigenvalue weighted by molar-refractivity contribution is 5.94. The van der Waals surface area contributed by atoms with Gasteiger partial charge in [-0.25, -0.2) is 9.48 Å². The van der Waals surface area contributed by atoms with Gasteiger partial charge < -0.3 is 20.3 Å². The minimum Gasteiger partial charge on any atom is -0.497 e. The molecule has 0 spiro atoms. The van der Waals surface area contributed by atoms with Crippen LogP contribution in [0.1, 0.15) is 58.2 Å². The summed E-state index contributed by atoms with van der Waals surface area (Å²) in [5.41, 5.74) is 2.44. The Morgan fingerprint density at radius 1 is 1.03 bits per heavy atom. The summed E-state index contributed by atoms with van der Waals surface area (Å²) in [4.78, 5) is 27.7. The van der Waals surface area contributed by atoms with Gasteiger partial charge in [-0.1, -0.05) is 70.9 Å². The molecule has 0 saturated carbocycles. The Morgan fingerprint density at radius 2 is 1.73 bits per heavy atom. The number of ether oxygens (including phenoxy) is 1. The molecular formula is C29H39N5O3. The lowest BCUT2D eigenvalue weighted by Crippen LogP contribution is -2.44. The highest BCUT2D eigenvalue weighted by atomic mass is 16.5. The van der Waals surface area contributed by atoms with Gasteiger partial charge in [0.2, 0.25) is 5.91 Å². The van der Waals surface area contributed by atoms with Gasteiger partial charge in [0.1, 0.15) is 18.1 Å². The molecule has 0 saturated heterocycles. The van der Waals surface area contributed by atoms with Crippen molar-refractivity contribution >= 4 is 17.8 Å². The zero-order chi connectivity index (χ0) is 26.8. The summed E-state index contributed by atoms with van der Waals surface area (Å²) in [5, 5.41) is 10.7. The van der Waals surface area contributed by atoms with Crippen molar-refractivity contribution in [2.24, 2.45) is 0 Å². The van der Waals surface area contributed by atoms with Crippen LogP contribution in [-0.2, 0) is 16.8 Å². The number of urea groups is 1. The molecule has 0 atom stereocenters. The number of methoxy groups -OCH3 is 1. The number of anilines is 1. The van der Waals surface area contributed by atoms with Gasteiger partial charge in [-0.15, -0.1) is 0 Å². The SMILES string of the molecule is CCCCCN(CC(=O)Nc1cc(C(C)(C)C)nn1-c1ccc(OC)cc1)C(=O)NCc1ccccc1. The average molecular weight is 506 g/mol. The predicted octanol–water partition coefficient (Wildman–Crippen LogP) is 5.52. The molecule has 3 aromatic rings. The van der Waals surface area contributed by atoms with Crippen LogP contribution >= 0.6 is 0 Å². The minimum absolute atomic E-state index is 0.0526. The van der Waals surface area contributed by atoms with E-state index in [0.717, 1.165) is 42.0 Å². The molecule has 3 amide bonds. The zero-order valence-corrected chi connectivity index (χ0v) is 22.6. The summed E-state index contributed by atoms with van der Waals surface area (Å²) in [6.07, 6.45) is 2.85. The Balaban J connectivity index is 1.76. The Kier molecular flexibility index (Phi) is 9.71. The standard InChI is InChI=1S/C29H39N5O3/c1-6-7-11-18-33(28(36)30-20-22-12-9-8-10-13-22)21-27(35)31-26-19-25(29(2,3)4)32-34(26)23-14-16-24(37-5)17-15-23/h8-10,12-17,19H,6-7,11,18,20-21H2,1-5H3,(H,30,36)(H,31,35). The van der Waals surface area contributed by atoms with Crippen molar-refractivity contribution in [3.8, 4) is 11.4 Å². The van der Waals surface area contributed by atoms with Crippen molar-refractivity contribution in [1.29, 1.82) is 0 Å². The highest BCUT2D eigenvalue weighted by Crippen LogP contribution is 2.27. The lowest BCUT2D eigenvalue weighted by molar-refractivity contribution is -0.116. The molecule has 8 heteroatoms. The molecule has 2 aromatic carbocycles. The molecule has 1 aromatic heterocycles. The van der Waals surface area contributed by atoms with E-state index in [4.69, 9.17) is 9.84 Å². The maximum Gasteiger partial charge on any atom is 0.318 e. The number of carbonyl (C=O) groups is 2. The molecule has 0 aliphatic heterocycles. The van der Waals surface area contributed by atoms with Crippen molar-refractivity contribution < 1.29 is 14.3 Å². The van der Waals surface area contributed by atoms with E-state index < -0.39 is 0 Å². The molecule has 0 fully saturated rings. The van der Waals surface area contributed by atoms with Gasteiger partial charge in [0, 0.05) is 24.6 Å². The second-order valence-electron chi connectivity index (χ2n) is 10.1. The second kappa shape index (κ2) is 12.9. The van der Waals surface area contributed by atoms with Crippen LogP contribution in [0.4, 0.5) is 10.6 Å². The first-order valence-electron chi connectivity index (χ1n) is 12.8. The van der Waals surface area contributed by atoms with Gasteiger partial charge in [0.05, 0.1) is 18.5 Å². The van der Waals surface area contributed by atoms with E-state index in [1.807, 2.05) is 60.7 Å². The van der Waals surface area contributed by atoms with Crippen molar-refractivity contribution in [2.75, 3.05) is 25.5 Å². The van der Waals surface area contributed by atoms with Gasteiger partial charge in [-0.3, -0.25) is 4.79 Å². The fraction of sp³-hybridized carbons (Fsp3) is 0.414. The molecule has 3 rings (SSSR count). The van der Waals surface area contributed by atoms with E-state index in [-0.39, 0.29) is 23.9 Å². The summed E-state index contributed by atoms with van der Waals surface area (Å²) < 4.78 is 6.99. The van der Waals surface area contributed by atoms with Gasteiger partial charge in [-0.05, 0) is 36.2 Å². The van der Waals surface area contributed by atoms with E-state index in [1.54, 1.807) is 16.7 Å². The van der Waals surface area contributed by atoms with E-state index >= 15 is 0 Å². The van der Waals surface area contributed by atoms with Crippen LogP contribution in [0.2, 0.25) is 0 Å². The molecule has 0 aliphatic rings. The van der Waals surface area contributed by atoms with Crippen LogP contribution in [0.5, 0.6) is 5.75 Å². The van der Waals surface area contributed by atoms with Crippen LogP contribution < -0.4 is 15.4 Å². The van der Waals surface area contributed by atoms with Crippen molar-refractivity contribution in [1.82, 2.24) is 20.0 Å². The lowest BCUT2D eigenvalue weighted by atomic mass is 9.92. The fourth-order valence-electron chi connectivity index (χ4n) is 3.80. The number of nitrogens with one attached hydrogen (secondary N) is 2.